The molecule has 3 aromatic rings. The number of aryl methyl sites for hydroxylation is 1. The smallest absolute Gasteiger partial charge is 0.145 e. The summed E-state index contributed by atoms with van der Waals surface area (Å²) < 4.78 is 5.83. The third kappa shape index (κ3) is 3.31. The number of halogens is 2. The van der Waals surface area contributed by atoms with Crippen molar-refractivity contribution in [3.63, 3.8) is 0 Å². The van der Waals surface area contributed by atoms with Crippen LogP contribution in [0.5, 0.6) is 0 Å². The third-order valence-corrected chi connectivity index (χ3v) is 6.34. The number of aliphatic imine (C=N–C) groups is 1. The van der Waals surface area contributed by atoms with E-state index < -0.39 is 0 Å². The van der Waals surface area contributed by atoms with E-state index in [1.807, 2.05) is 18.2 Å². The van der Waals surface area contributed by atoms with Crippen LogP contribution in [0.3, 0.4) is 0 Å². The van der Waals surface area contributed by atoms with Crippen molar-refractivity contribution >= 4 is 45.8 Å². The summed E-state index contributed by atoms with van der Waals surface area (Å²) in [5.74, 6) is 1.32. The first kappa shape index (κ1) is 17.4. The van der Waals surface area contributed by atoms with Crippen LogP contribution in [-0.4, -0.2) is 6.21 Å². The molecule has 1 aliphatic carbocycles. The fourth-order valence-corrected chi connectivity index (χ4v) is 4.59. The first-order valence-corrected chi connectivity index (χ1v) is 9.87. The molecule has 2 heterocycles. The van der Waals surface area contributed by atoms with Gasteiger partial charge in [-0.2, -0.15) is 5.26 Å². The van der Waals surface area contributed by atoms with Gasteiger partial charge in [0.25, 0.3) is 0 Å². The largest absolute Gasteiger partial charge is 0.455 e. The Labute approximate surface area is 165 Å². The molecule has 3 nitrogen and oxygen atoms in total. The van der Waals surface area contributed by atoms with Crippen molar-refractivity contribution < 1.29 is 4.42 Å². The molecule has 0 fully saturated rings. The highest BCUT2D eigenvalue weighted by Crippen LogP contribution is 2.39. The standard InChI is InChI=1S/C20H14Cl2N2OS/c21-16-7-5-12(9-17(16)22)18-8-6-13(25-18)11-24-20-15(10-23)14-3-1-2-4-19(14)26-20/h5-9,11H,1-4H2/b24-11+. The quantitative estimate of drug-likeness (QED) is 0.452. The molecule has 0 spiro atoms. The number of rotatable bonds is 3. The van der Waals surface area contributed by atoms with Crippen LogP contribution in [-0.2, 0) is 12.8 Å². The minimum Gasteiger partial charge on any atom is -0.455 e. The number of nitriles is 1. The second kappa shape index (κ2) is 7.28. The number of thiophene rings is 1. The van der Waals surface area contributed by atoms with Gasteiger partial charge in [-0.25, -0.2) is 4.99 Å². The van der Waals surface area contributed by atoms with Gasteiger partial charge in [0.05, 0.1) is 21.8 Å². The third-order valence-electron chi connectivity index (χ3n) is 4.40. The summed E-state index contributed by atoms with van der Waals surface area (Å²) in [6.07, 6.45) is 6.03. The van der Waals surface area contributed by atoms with E-state index >= 15 is 0 Å². The molecule has 6 heteroatoms. The maximum atomic E-state index is 9.50. The average molecular weight is 401 g/mol. The van der Waals surface area contributed by atoms with Gasteiger partial charge < -0.3 is 4.42 Å². The summed E-state index contributed by atoms with van der Waals surface area (Å²) in [6.45, 7) is 0. The second-order valence-electron chi connectivity index (χ2n) is 6.09. The lowest BCUT2D eigenvalue weighted by molar-refractivity contribution is 0.575. The molecule has 2 aromatic heterocycles. The monoisotopic (exact) mass is 400 g/mol. The number of nitrogens with zero attached hydrogens (tertiary/aromatic N) is 2. The highest BCUT2D eigenvalue weighted by Gasteiger charge is 2.20. The summed E-state index contributed by atoms with van der Waals surface area (Å²) in [6, 6.07) is 11.4. The Morgan fingerprint density at radius 3 is 2.77 bits per heavy atom. The van der Waals surface area contributed by atoms with Gasteiger partial charge in [0.1, 0.15) is 22.6 Å². The van der Waals surface area contributed by atoms with E-state index in [0.717, 1.165) is 35.4 Å². The van der Waals surface area contributed by atoms with Crippen molar-refractivity contribution in [2.24, 2.45) is 4.99 Å². The molecule has 0 amide bonds. The molecule has 0 unspecified atom stereocenters. The Morgan fingerprint density at radius 1 is 1.12 bits per heavy atom. The lowest BCUT2D eigenvalue weighted by atomic mass is 9.96. The Morgan fingerprint density at radius 2 is 1.96 bits per heavy atom. The van der Waals surface area contributed by atoms with Crippen molar-refractivity contribution in [2.45, 2.75) is 25.7 Å². The van der Waals surface area contributed by atoms with Gasteiger partial charge in [-0.3, -0.25) is 0 Å². The van der Waals surface area contributed by atoms with Crippen LogP contribution in [0, 0.1) is 11.3 Å². The second-order valence-corrected chi connectivity index (χ2v) is 7.99. The molecular weight excluding hydrogens is 387 g/mol. The van der Waals surface area contributed by atoms with Crippen molar-refractivity contribution in [1.82, 2.24) is 0 Å². The highest BCUT2D eigenvalue weighted by atomic mass is 35.5. The highest BCUT2D eigenvalue weighted by molar-refractivity contribution is 7.16. The van der Waals surface area contributed by atoms with Crippen LogP contribution in [0.1, 0.15) is 34.6 Å². The van der Waals surface area contributed by atoms with Crippen molar-refractivity contribution in [1.29, 1.82) is 5.26 Å². The molecular formula is C20H14Cl2N2OS. The molecule has 1 aliphatic rings. The summed E-state index contributed by atoms with van der Waals surface area (Å²) in [5, 5.41) is 11.3. The Balaban J connectivity index is 1.61. The van der Waals surface area contributed by atoms with E-state index in [9.17, 15) is 5.26 Å². The Kier molecular flexibility index (Phi) is 4.86. The molecule has 130 valence electrons. The lowest BCUT2D eigenvalue weighted by Crippen LogP contribution is -1.99. The van der Waals surface area contributed by atoms with Crippen LogP contribution in [0.15, 0.2) is 39.7 Å². The topological polar surface area (TPSA) is 49.3 Å². The predicted octanol–water partition coefficient (Wildman–Crippen LogP) is 6.82. The SMILES string of the molecule is N#Cc1c(/N=C/c2ccc(-c3ccc(Cl)c(Cl)c3)o2)sc2c1CCCC2. The summed E-state index contributed by atoms with van der Waals surface area (Å²) in [5.41, 5.74) is 2.76. The molecule has 0 saturated heterocycles. The van der Waals surface area contributed by atoms with Gasteiger partial charge in [0.15, 0.2) is 0 Å². The van der Waals surface area contributed by atoms with Gasteiger partial charge in [0.2, 0.25) is 0 Å². The fourth-order valence-electron chi connectivity index (χ4n) is 3.11. The molecule has 0 atom stereocenters. The van der Waals surface area contributed by atoms with E-state index in [2.05, 4.69) is 11.1 Å². The van der Waals surface area contributed by atoms with Gasteiger partial charge >= 0.3 is 0 Å². The number of hydrogen-bond donors (Lipinski definition) is 0. The zero-order valence-corrected chi connectivity index (χ0v) is 16.1. The first-order valence-electron chi connectivity index (χ1n) is 8.29. The number of fused-ring (bicyclic) bond motifs is 1. The van der Waals surface area contributed by atoms with Gasteiger partial charge in [-0.1, -0.05) is 23.2 Å². The maximum absolute atomic E-state index is 9.50. The molecule has 0 bridgehead atoms. The van der Waals surface area contributed by atoms with E-state index in [0.29, 0.717) is 21.6 Å². The van der Waals surface area contributed by atoms with E-state index in [1.165, 1.54) is 16.9 Å². The van der Waals surface area contributed by atoms with Gasteiger partial charge in [0, 0.05) is 10.4 Å². The Hall–Kier alpha value is -2.06. The molecule has 0 radical (unpaired) electrons. The van der Waals surface area contributed by atoms with Crippen LogP contribution >= 0.6 is 34.5 Å². The van der Waals surface area contributed by atoms with Crippen molar-refractivity contribution in [3.8, 4) is 17.4 Å². The van der Waals surface area contributed by atoms with Crippen LogP contribution in [0.4, 0.5) is 5.00 Å². The molecule has 0 N–H and O–H groups in total. The van der Waals surface area contributed by atoms with Gasteiger partial charge in [-0.15, -0.1) is 11.3 Å². The normalized spacial score (nSPS) is 13.7. The van der Waals surface area contributed by atoms with E-state index in [4.69, 9.17) is 27.6 Å². The minimum absolute atomic E-state index is 0.485. The summed E-state index contributed by atoms with van der Waals surface area (Å²) in [4.78, 5) is 5.82. The van der Waals surface area contributed by atoms with E-state index in [-0.39, 0.29) is 0 Å². The lowest BCUT2D eigenvalue weighted by Gasteiger charge is -2.09. The Bertz CT molecular complexity index is 1040. The van der Waals surface area contributed by atoms with E-state index in [1.54, 1.807) is 29.7 Å². The van der Waals surface area contributed by atoms with Crippen LogP contribution in [0.25, 0.3) is 11.3 Å². The number of benzene rings is 1. The molecule has 0 saturated carbocycles. The molecule has 0 aliphatic heterocycles. The van der Waals surface area contributed by atoms with Crippen molar-refractivity contribution in [3.05, 3.63) is 62.1 Å². The predicted molar refractivity (Wildman–Crippen MR) is 107 cm³/mol. The average Bonchev–Trinajstić information content (AvgIpc) is 3.26. The van der Waals surface area contributed by atoms with Gasteiger partial charge in [-0.05, 0) is 61.6 Å². The maximum Gasteiger partial charge on any atom is 0.145 e. The number of furan rings is 1. The minimum atomic E-state index is 0.485. The zero-order chi connectivity index (χ0) is 18.1. The fraction of sp³-hybridized carbons (Fsp3) is 0.200. The van der Waals surface area contributed by atoms with Crippen molar-refractivity contribution in [2.75, 3.05) is 0 Å². The molecule has 4 rings (SSSR count). The van der Waals surface area contributed by atoms with Crippen LogP contribution < -0.4 is 0 Å². The molecule has 1 aromatic carbocycles. The summed E-state index contributed by atoms with van der Waals surface area (Å²) in [7, 11) is 0. The molecule has 26 heavy (non-hydrogen) atoms. The zero-order valence-electron chi connectivity index (χ0n) is 13.8. The number of hydrogen-bond acceptors (Lipinski definition) is 4. The van der Waals surface area contributed by atoms with Crippen LogP contribution in [0.2, 0.25) is 10.0 Å². The first-order chi connectivity index (χ1) is 12.7. The summed E-state index contributed by atoms with van der Waals surface area (Å²) >= 11 is 13.6.